The van der Waals surface area contributed by atoms with Crippen LogP contribution in [-0.4, -0.2) is 0 Å². The maximum absolute atomic E-state index is 12.4. The number of allylic oxidation sites excluding steroid dienone is 1. The molecule has 0 heterocycles. The molecule has 0 amide bonds. The molecule has 0 bridgehead atoms. The maximum Gasteiger partial charge on any atom is 0.269 e. The van der Waals surface area contributed by atoms with Crippen LogP contribution < -0.4 is 0 Å². The molecular formula is C19H24F2. The molecule has 0 unspecified atom stereocenters. The largest absolute Gasteiger partial charge is 0.269 e. The Morgan fingerprint density at radius 3 is 1.90 bits per heavy atom. The van der Waals surface area contributed by atoms with E-state index in [2.05, 4.69) is 31.2 Å². The van der Waals surface area contributed by atoms with Crippen LogP contribution in [0.2, 0.25) is 0 Å². The van der Waals surface area contributed by atoms with E-state index in [-0.39, 0.29) is 0 Å². The Morgan fingerprint density at radius 2 is 1.43 bits per heavy atom. The van der Waals surface area contributed by atoms with Gasteiger partial charge in [-0.05, 0) is 73.0 Å². The van der Waals surface area contributed by atoms with Crippen molar-refractivity contribution in [2.45, 2.75) is 63.7 Å². The third-order valence-electron chi connectivity index (χ3n) is 5.56. The van der Waals surface area contributed by atoms with E-state index in [1.807, 2.05) is 0 Å². The Morgan fingerprint density at radius 1 is 0.905 bits per heavy atom. The fourth-order valence-corrected chi connectivity index (χ4v) is 3.87. The minimum atomic E-state index is -1.46. The van der Waals surface area contributed by atoms with Crippen LogP contribution in [0.4, 0.5) is 8.78 Å². The Hall–Kier alpha value is -1.18. The third kappa shape index (κ3) is 3.20. The minimum absolute atomic E-state index is 0.311. The van der Waals surface area contributed by atoms with Gasteiger partial charge in [0.05, 0.1) is 0 Å². The molecule has 2 fully saturated rings. The molecule has 2 heteroatoms. The number of halogens is 2. The molecule has 3 rings (SSSR count). The molecule has 0 spiro atoms. The van der Waals surface area contributed by atoms with E-state index in [9.17, 15) is 8.78 Å². The van der Waals surface area contributed by atoms with E-state index < -0.39 is 6.08 Å². The second-order valence-electron chi connectivity index (χ2n) is 6.76. The molecule has 21 heavy (non-hydrogen) atoms. The molecule has 0 radical (unpaired) electrons. The predicted octanol–water partition coefficient (Wildman–Crippen LogP) is 6.40. The van der Waals surface area contributed by atoms with Crippen molar-refractivity contribution < 1.29 is 8.78 Å². The van der Waals surface area contributed by atoms with Crippen LogP contribution in [0.25, 0.3) is 0 Å². The Kier molecular flexibility index (Phi) is 4.42. The van der Waals surface area contributed by atoms with E-state index in [1.165, 1.54) is 43.2 Å². The van der Waals surface area contributed by atoms with Gasteiger partial charge < -0.3 is 0 Å². The summed E-state index contributed by atoms with van der Waals surface area (Å²) >= 11 is 0. The zero-order valence-electron chi connectivity index (χ0n) is 12.7. The van der Waals surface area contributed by atoms with Crippen LogP contribution in [0.5, 0.6) is 0 Å². The van der Waals surface area contributed by atoms with E-state index in [4.69, 9.17) is 0 Å². The normalized spacial score (nSPS) is 29.1. The summed E-state index contributed by atoms with van der Waals surface area (Å²) in [4.78, 5) is 0. The summed E-state index contributed by atoms with van der Waals surface area (Å²) in [5.41, 5.74) is 3.02. The smallest absolute Gasteiger partial charge is 0.173 e. The third-order valence-corrected chi connectivity index (χ3v) is 5.56. The molecule has 2 saturated carbocycles. The van der Waals surface area contributed by atoms with Crippen LogP contribution in [0, 0.1) is 5.92 Å². The second kappa shape index (κ2) is 6.29. The Balaban J connectivity index is 1.59. The Labute approximate surface area is 126 Å². The lowest BCUT2D eigenvalue weighted by atomic mass is 9.74. The summed E-state index contributed by atoms with van der Waals surface area (Å²) in [7, 11) is 0. The molecule has 0 nitrogen and oxygen atoms in total. The van der Waals surface area contributed by atoms with Gasteiger partial charge in [-0.25, -0.2) is 0 Å². The predicted molar refractivity (Wildman–Crippen MR) is 82.6 cm³/mol. The lowest BCUT2D eigenvalue weighted by Gasteiger charge is -2.30. The average molecular weight is 290 g/mol. The van der Waals surface area contributed by atoms with Gasteiger partial charge in [0, 0.05) is 0 Å². The first kappa shape index (κ1) is 14.7. The SMILES string of the molecule is CC[C@H]1CC[C@H](c2ccc(C3CC(=C(F)F)C3)cc2)CC1. The van der Waals surface area contributed by atoms with E-state index >= 15 is 0 Å². The van der Waals surface area contributed by atoms with Gasteiger partial charge in [0.25, 0.3) is 6.08 Å². The fraction of sp³-hybridized carbons (Fsp3) is 0.579. The van der Waals surface area contributed by atoms with Gasteiger partial charge in [-0.2, -0.15) is 8.78 Å². The molecule has 114 valence electrons. The number of hydrogen-bond donors (Lipinski definition) is 0. The number of benzene rings is 1. The van der Waals surface area contributed by atoms with Gasteiger partial charge in [0.2, 0.25) is 0 Å². The average Bonchev–Trinajstić information content (AvgIpc) is 2.46. The standard InChI is InChI=1S/C19H24F2/c1-2-13-3-5-14(6-4-13)15-7-9-16(10-8-15)17-11-18(12-17)19(20)21/h7-10,13-14,17H,2-6,11-12H2,1H3/t13-,14-. The molecule has 0 saturated heterocycles. The maximum atomic E-state index is 12.4. The lowest BCUT2D eigenvalue weighted by Crippen LogP contribution is -2.14. The first-order valence-corrected chi connectivity index (χ1v) is 8.30. The summed E-state index contributed by atoms with van der Waals surface area (Å²) in [5, 5.41) is 0. The summed E-state index contributed by atoms with van der Waals surface area (Å²) in [6.45, 7) is 2.29. The molecular weight excluding hydrogens is 266 g/mol. The monoisotopic (exact) mass is 290 g/mol. The molecule has 0 aromatic heterocycles. The molecule has 0 N–H and O–H groups in total. The van der Waals surface area contributed by atoms with E-state index in [0.29, 0.717) is 30.3 Å². The van der Waals surface area contributed by atoms with Gasteiger partial charge >= 0.3 is 0 Å². The molecule has 2 aliphatic rings. The van der Waals surface area contributed by atoms with Gasteiger partial charge in [-0.1, -0.05) is 37.6 Å². The Bertz CT molecular complexity index is 495. The highest BCUT2D eigenvalue weighted by Crippen LogP contribution is 2.44. The van der Waals surface area contributed by atoms with Crippen molar-refractivity contribution in [2.75, 3.05) is 0 Å². The first-order valence-electron chi connectivity index (χ1n) is 8.30. The van der Waals surface area contributed by atoms with Gasteiger partial charge in [0.1, 0.15) is 0 Å². The lowest BCUT2D eigenvalue weighted by molar-refractivity contribution is 0.318. The number of hydrogen-bond acceptors (Lipinski definition) is 0. The highest BCUT2D eigenvalue weighted by Gasteiger charge is 2.28. The quantitative estimate of drug-likeness (QED) is 0.604. The van der Waals surface area contributed by atoms with Gasteiger partial charge in [0.15, 0.2) is 0 Å². The molecule has 1 aromatic rings. The van der Waals surface area contributed by atoms with Crippen LogP contribution in [0.1, 0.15) is 74.8 Å². The highest BCUT2D eigenvalue weighted by atomic mass is 19.3. The van der Waals surface area contributed by atoms with E-state index in [0.717, 1.165) is 5.92 Å². The molecule has 2 aliphatic carbocycles. The van der Waals surface area contributed by atoms with Crippen molar-refractivity contribution in [2.24, 2.45) is 5.92 Å². The summed E-state index contributed by atoms with van der Waals surface area (Å²) in [5.74, 6) is 1.95. The first-order chi connectivity index (χ1) is 10.2. The molecule has 1 aromatic carbocycles. The van der Waals surface area contributed by atoms with Crippen LogP contribution >= 0.6 is 0 Å². The number of rotatable bonds is 3. The fourth-order valence-electron chi connectivity index (χ4n) is 3.87. The summed E-state index contributed by atoms with van der Waals surface area (Å²) in [6.07, 6.45) is 6.27. The highest BCUT2D eigenvalue weighted by molar-refractivity contribution is 5.33. The summed E-state index contributed by atoms with van der Waals surface area (Å²) < 4.78 is 24.8. The van der Waals surface area contributed by atoms with Crippen molar-refractivity contribution >= 4 is 0 Å². The van der Waals surface area contributed by atoms with Crippen molar-refractivity contribution in [3.05, 3.63) is 47.0 Å². The van der Waals surface area contributed by atoms with E-state index in [1.54, 1.807) is 0 Å². The van der Waals surface area contributed by atoms with Crippen LogP contribution in [-0.2, 0) is 0 Å². The van der Waals surface area contributed by atoms with Crippen molar-refractivity contribution in [1.29, 1.82) is 0 Å². The zero-order chi connectivity index (χ0) is 14.8. The van der Waals surface area contributed by atoms with Gasteiger partial charge in [-0.3, -0.25) is 0 Å². The van der Waals surface area contributed by atoms with Crippen LogP contribution in [0.15, 0.2) is 35.9 Å². The molecule has 0 aliphatic heterocycles. The minimum Gasteiger partial charge on any atom is -0.173 e. The van der Waals surface area contributed by atoms with Crippen molar-refractivity contribution in [3.8, 4) is 0 Å². The topological polar surface area (TPSA) is 0 Å². The second-order valence-corrected chi connectivity index (χ2v) is 6.76. The van der Waals surface area contributed by atoms with Crippen molar-refractivity contribution in [1.82, 2.24) is 0 Å². The zero-order valence-corrected chi connectivity index (χ0v) is 12.7. The van der Waals surface area contributed by atoms with Gasteiger partial charge in [-0.15, -0.1) is 0 Å². The summed E-state index contributed by atoms with van der Waals surface area (Å²) in [6, 6.07) is 8.80. The molecule has 0 atom stereocenters. The van der Waals surface area contributed by atoms with Crippen LogP contribution in [0.3, 0.4) is 0 Å². The van der Waals surface area contributed by atoms with Crippen molar-refractivity contribution in [3.63, 3.8) is 0 Å².